The van der Waals surface area contributed by atoms with Crippen LogP contribution < -0.4 is 19.1 Å². The van der Waals surface area contributed by atoms with Gasteiger partial charge < -0.3 is 18.9 Å². The molecule has 1 aliphatic heterocycles. The predicted molar refractivity (Wildman–Crippen MR) is 151 cm³/mol. The zero-order valence-corrected chi connectivity index (χ0v) is 23.3. The van der Waals surface area contributed by atoms with Gasteiger partial charge in [-0.1, -0.05) is 17.4 Å². The van der Waals surface area contributed by atoms with Crippen LogP contribution in [0.3, 0.4) is 0 Å². The van der Waals surface area contributed by atoms with Gasteiger partial charge in [0.25, 0.3) is 5.91 Å². The Balaban J connectivity index is 0.00000380. The number of nitrogens with zero attached hydrogens (tertiary/aromatic N) is 3. The molecule has 37 heavy (non-hydrogen) atoms. The largest absolute Gasteiger partial charge is 0.493 e. The minimum absolute atomic E-state index is 0. The van der Waals surface area contributed by atoms with Crippen molar-refractivity contribution in [2.75, 3.05) is 65.6 Å². The molecule has 0 spiro atoms. The van der Waals surface area contributed by atoms with E-state index in [0.29, 0.717) is 28.9 Å². The average Bonchev–Trinajstić information content (AvgIpc) is 3.32. The number of fused-ring (bicyclic) bond motifs is 1. The van der Waals surface area contributed by atoms with Gasteiger partial charge in [0.15, 0.2) is 16.6 Å². The number of rotatable bonds is 10. The molecule has 0 saturated carbocycles. The van der Waals surface area contributed by atoms with Crippen molar-refractivity contribution in [1.82, 2.24) is 9.88 Å². The van der Waals surface area contributed by atoms with Gasteiger partial charge in [-0.25, -0.2) is 4.98 Å². The minimum atomic E-state index is -0.124. The zero-order chi connectivity index (χ0) is 25.5. The molecule has 0 N–H and O–H groups in total. The number of methoxy groups -OCH3 is 3. The van der Waals surface area contributed by atoms with Crippen LogP contribution in [0.1, 0.15) is 17.5 Å². The predicted octanol–water partition coefficient (Wildman–Crippen LogP) is 4.82. The lowest BCUT2D eigenvalue weighted by Gasteiger charge is -2.27. The summed E-state index contributed by atoms with van der Waals surface area (Å²) in [5.41, 5.74) is 2.84. The van der Waals surface area contributed by atoms with Gasteiger partial charge in [-0.2, -0.15) is 0 Å². The summed E-state index contributed by atoms with van der Waals surface area (Å²) in [6.07, 6.45) is 4.19. The standard InChI is InChI=1S/C27H33N3O5S.ClH/c1-19-6-8-21-24(16-19)36-27(28-21)30(11-5-10-29-12-14-35-15-13-29)25(31)9-7-20-17-22(32-2)26(34-4)23(18-20)33-3;/h6-9,16-18H,5,10-15H2,1-4H3;1H/b9-7+;. The van der Waals surface area contributed by atoms with Gasteiger partial charge in [0.05, 0.1) is 44.8 Å². The van der Waals surface area contributed by atoms with Gasteiger partial charge in [0.1, 0.15) is 0 Å². The molecule has 0 aliphatic carbocycles. The molecule has 3 aromatic rings. The van der Waals surface area contributed by atoms with E-state index in [1.165, 1.54) is 5.56 Å². The normalized spacial score (nSPS) is 13.9. The first-order valence-electron chi connectivity index (χ1n) is 12.0. The van der Waals surface area contributed by atoms with E-state index in [-0.39, 0.29) is 18.3 Å². The van der Waals surface area contributed by atoms with Crippen molar-refractivity contribution >= 4 is 51.1 Å². The van der Waals surface area contributed by atoms with Gasteiger partial charge in [-0.15, -0.1) is 12.4 Å². The highest BCUT2D eigenvalue weighted by molar-refractivity contribution is 7.22. The lowest BCUT2D eigenvalue weighted by atomic mass is 10.1. The third-order valence-corrected chi connectivity index (χ3v) is 7.14. The van der Waals surface area contributed by atoms with Gasteiger partial charge in [0, 0.05) is 32.3 Å². The Labute approximate surface area is 228 Å². The SMILES string of the molecule is COc1cc(/C=C/C(=O)N(CCCN2CCOCC2)c2nc3ccc(C)cc3s2)cc(OC)c1OC.Cl. The van der Waals surface area contributed by atoms with E-state index in [9.17, 15) is 4.79 Å². The quantitative estimate of drug-likeness (QED) is 0.337. The number of hydrogen-bond acceptors (Lipinski definition) is 8. The molecule has 1 aliphatic rings. The van der Waals surface area contributed by atoms with Crippen molar-refractivity contribution in [2.24, 2.45) is 0 Å². The second kappa shape index (κ2) is 13.6. The van der Waals surface area contributed by atoms with E-state index in [2.05, 4.69) is 17.9 Å². The van der Waals surface area contributed by atoms with E-state index < -0.39 is 0 Å². The second-order valence-electron chi connectivity index (χ2n) is 8.56. The van der Waals surface area contributed by atoms with Gasteiger partial charge >= 0.3 is 0 Å². The highest BCUT2D eigenvalue weighted by Gasteiger charge is 2.19. The molecule has 8 nitrogen and oxygen atoms in total. The average molecular weight is 548 g/mol. The van der Waals surface area contributed by atoms with Gasteiger partial charge in [-0.05, 0) is 54.8 Å². The molecule has 0 bridgehead atoms. The van der Waals surface area contributed by atoms with Gasteiger partial charge in [-0.3, -0.25) is 14.6 Å². The number of morpholine rings is 1. The number of benzene rings is 2. The maximum absolute atomic E-state index is 13.5. The molecule has 4 rings (SSSR count). The maximum Gasteiger partial charge on any atom is 0.252 e. The molecule has 0 unspecified atom stereocenters. The lowest BCUT2D eigenvalue weighted by Crippen LogP contribution is -2.39. The third-order valence-electron chi connectivity index (χ3n) is 6.09. The Morgan fingerprint density at radius 3 is 2.46 bits per heavy atom. The van der Waals surface area contributed by atoms with E-state index in [1.54, 1.807) is 49.7 Å². The van der Waals surface area contributed by atoms with Gasteiger partial charge in [0.2, 0.25) is 5.75 Å². The molecule has 0 radical (unpaired) electrons. The summed E-state index contributed by atoms with van der Waals surface area (Å²) < 4.78 is 22.8. The van der Waals surface area contributed by atoms with Crippen molar-refractivity contribution in [1.29, 1.82) is 0 Å². The molecule has 200 valence electrons. The molecular formula is C27H34ClN3O5S. The van der Waals surface area contributed by atoms with Crippen molar-refractivity contribution in [3.05, 3.63) is 47.5 Å². The molecule has 10 heteroatoms. The Kier molecular flexibility index (Phi) is 10.6. The van der Waals surface area contributed by atoms with E-state index in [1.807, 2.05) is 24.3 Å². The summed E-state index contributed by atoms with van der Waals surface area (Å²) in [4.78, 5) is 22.4. The minimum Gasteiger partial charge on any atom is -0.493 e. The van der Waals surface area contributed by atoms with Crippen molar-refractivity contribution in [3.63, 3.8) is 0 Å². The van der Waals surface area contributed by atoms with Crippen LogP contribution in [-0.2, 0) is 9.53 Å². The van der Waals surface area contributed by atoms with Crippen molar-refractivity contribution in [3.8, 4) is 17.2 Å². The molecule has 1 fully saturated rings. The van der Waals surface area contributed by atoms with Crippen LogP contribution in [0, 0.1) is 6.92 Å². The number of hydrogen-bond donors (Lipinski definition) is 0. The Morgan fingerprint density at radius 1 is 1.11 bits per heavy atom. The van der Waals surface area contributed by atoms with Crippen LogP contribution >= 0.6 is 23.7 Å². The summed E-state index contributed by atoms with van der Waals surface area (Å²) in [5.74, 6) is 1.46. The summed E-state index contributed by atoms with van der Waals surface area (Å²) >= 11 is 1.54. The molecule has 1 aromatic heterocycles. The maximum atomic E-state index is 13.5. The fourth-order valence-corrected chi connectivity index (χ4v) is 5.26. The van der Waals surface area contributed by atoms with Crippen LogP contribution in [0.4, 0.5) is 5.13 Å². The second-order valence-corrected chi connectivity index (χ2v) is 9.57. The molecule has 1 amide bonds. The third kappa shape index (κ3) is 7.13. The number of carbonyl (C=O) groups is 1. The first kappa shape index (κ1) is 28.7. The Bertz CT molecular complexity index is 1200. The van der Waals surface area contributed by atoms with E-state index in [0.717, 1.165) is 55.0 Å². The number of ether oxygens (including phenoxy) is 4. The highest BCUT2D eigenvalue weighted by Crippen LogP contribution is 2.38. The summed E-state index contributed by atoms with van der Waals surface area (Å²) in [6, 6.07) is 9.79. The first-order valence-corrected chi connectivity index (χ1v) is 12.8. The number of carbonyl (C=O) groups excluding carboxylic acids is 1. The summed E-state index contributed by atoms with van der Waals surface area (Å²) in [6.45, 7) is 6.92. The van der Waals surface area contributed by atoms with Crippen LogP contribution in [0.2, 0.25) is 0 Å². The summed E-state index contributed by atoms with van der Waals surface area (Å²) in [5, 5.41) is 0.706. The van der Waals surface area contributed by atoms with E-state index >= 15 is 0 Å². The van der Waals surface area contributed by atoms with Crippen LogP contribution in [0.25, 0.3) is 16.3 Å². The van der Waals surface area contributed by atoms with Crippen LogP contribution in [-0.4, -0.2) is 76.5 Å². The number of thiazole rings is 1. The van der Waals surface area contributed by atoms with Crippen LogP contribution in [0.15, 0.2) is 36.4 Å². The van der Waals surface area contributed by atoms with Crippen molar-refractivity contribution < 1.29 is 23.7 Å². The van der Waals surface area contributed by atoms with Crippen LogP contribution in [0.5, 0.6) is 17.2 Å². The smallest absolute Gasteiger partial charge is 0.252 e. The topological polar surface area (TPSA) is 73.4 Å². The number of aryl methyl sites for hydroxylation is 1. The fourth-order valence-electron chi connectivity index (χ4n) is 4.17. The zero-order valence-electron chi connectivity index (χ0n) is 21.7. The molecule has 2 aromatic carbocycles. The van der Waals surface area contributed by atoms with Crippen molar-refractivity contribution in [2.45, 2.75) is 13.3 Å². The number of aromatic nitrogens is 1. The molecular weight excluding hydrogens is 514 g/mol. The van der Waals surface area contributed by atoms with E-state index in [4.69, 9.17) is 23.9 Å². The molecule has 1 saturated heterocycles. The summed E-state index contributed by atoms with van der Waals surface area (Å²) in [7, 11) is 4.70. The highest BCUT2D eigenvalue weighted by atomic mass is 35.5. The number of anilines is 1. The molecule has 2 heterocycles. The first-order chi connectivity index (χ1) is 17.5. The number of amides is 1. The monoisotopic (exact) mass is 547 g/mol. The fraction of sp³-hybridized carbons (Fsp3) is 0.407. The lowest BCUT2D eigenvalue weighted by molar-refractivity contribution is -0.114. The Morgan fingerprint density at radius 2 is 1.81 bits per heavy atom. The number of halogens is 1. The molecule has 0 atom stereocenters. The Hall–Kier alpha value is -2.85.